The molecular formula is C11H9F6N. The molecule has 0 saturated carbocycles. The third-order valence-electron chi connectivity index (χ3n) is 2.77. The highest BCUT2D eigenvalue weighted by Gasteiger charge is 2.42. The molecule has 0 unspecified atom stereocenters. The quantitative estimate of drug-likeness (QED) is 0.703. The monoisotopic (exact) mass is 269 g/mol. The zero-order valence-electron chi connectivity index (χ0n) is 9.07. The van der Waals surface area contributed by atoms with Crippen LogP contribution in [0.25, 0.3) is 0 Å². The van der Waals surface area contributed by atoms with Gasteiger partial charge in [0, 0.05) is 18.7 Å². The molecule has 0 aliphatic carbocycles. The number of hydrogen-bond donors (Lipinski definition) is 0. The maximum absolute atomic E-state index is 13.0. The Morgan fingerprint density at radius 2 is 1.83 bits per heavy atom. The van der Waals surface area contributed by atoms with Crippen LogP contribution in [0.15, 0.2) is 18.2 Å². The molecule has 100 valence electrons. The van der Waals surface area contributed by atoms with Gasteiger partial charge in [-0.2, -0.15) is 13.2 Å². The van der Waals surface area contributed by atoms with Gasteiger partial charge >= 0.3 is 6.18 Å². The molecule has 0 N–H and O–H groups in total. The van der Waals surface area contributed by atoms with Gasteiger partial charge in [0.25, 0.3) is 5.92 Å². The Kier molecular flexibility index (Phi) is 2.95. The Morgan fingerprint density at radius 3 is 2.33 bits per heavy atom. The van der Waals surface area contributed by atoms with Gasteiger partial charge in [0.05, 0.1) is 12.1 Å². The normalized spacial score (nSPS) is 19.3. The molecule has 0 bridgehead atoms. The van der Waals surface area contributed by atoms with Crippen LogP contribution in [0.4, 0.5) is 32.0 Å². The summed E-state index contributed by atoms with van der Waals surface area (Å²) in [4.78, 5) is 0.933. The summed E-state index contributed by atoms with van der Waals surface area (Å²) in [7, 11) is 0. The second kappa shape index (κ2) is 4.07. The summed E-state index contributed by atoms with van der Waals surface area (Å²) in [6, 6.07) is 2.05. The van der Waals surface area contributed by atoms with Gasteiger partial charge < -0.3 is 4.90 Å². The average molecular weight is 269 g/mol. The topological polar surface area (TPSA) is 3.24 Å². The zero-order chi connectivity index (χ0) is 13.6. The number of alkyl halides is 5. The van der Waals surface area contributed by atoms with E-state index in [1.807, 2.05) is 0 Å². The van der Waals surface area contributed by atoms with Crippen molar-refractivity contribution in [2.45, 2.75) is 18.5 Å². The van der Waals surface area contributed by atoms with Crippen molar-refractivity contribution in [1.29, 1.82) is 0 Å². The largest absolute Gasteiger partial charge is 0.418 e. The number of benzene rings is 1. The zero-order valence-corrected chi connectivity index (χ0v) is 9.07. The van der Waals surface area contributed by atoms with E-state index in [2.05, 4.69) is 0 Å². The van der Waals surface area contributed by atoms with E-state index in [0.29, 0.717) is 6.07 Å². The van der Waals surface area contributed by atoms with Crippen LogP contribution >= 0.6 is 0 Å². The van der Waals surface area contributed by atoms with Gasteiger partial charge in [-0.05, 0) is 18.2 Å². The van der Waals surface area contributed by atoms with Crippen LogP contribution in [-0.2, 0) is 6.18 Å². The molecule has 0 atom stereocenters. The molecule has 0 aromatic heterocycles. The minimum Gasteiger partial charge on any atom is -0.365 e. The lowest BCUT2D eigenvalue weighted by Gasteiger charge is -2.22. The molecule has 1 aliphatic heterocycles. The Hall–Kier alpha value is -1.40. The van der Waals surface area contributed by atoms with Gasteiger partial charge in [-0.3, -0.25) is 0 Å². The number of anilines is 1. The van der Waals surface area contributed by atoms with Gasteiger partial charge in [0.15, 0.2) is 0 Å². The smallest absolute Gasteiger partial charge is 0.365 e. The molecule has 1 heterocycles. The molecule has 0 spiro atoms. The van der Waals surface area contributed by atoms with E-state index in [0.717, 1.165) is 17.0 Å². The van der Waals surface area contributed by atoms with E-state index in [1.54, 1.807) is 0 Å². The average Bonchev–Trinajstić information content (AvgIpc) is 2.57. The van der Waals surface area contributed by atoms with Crippen molar-refractivity contribution in [1.82, 2.24) is 0 Å². The van der Waals surface area contributed by atoms with Crippen molar-refractivity contribution in [3.63, 3.8) is 0 Å². The molecule has 1 aromatic rings. The summed E-state index contributed by atoms with van der Waals surface area (Å²) in [6.07, 6.45) is -5.27. The lowest BCUT2D eigenvalue weighted by Crippen LogP contribution is -2.27. The molecule has 2 rings (SSSR count). The third-order valence-corrected chi connectivity index (χ3v) is 2.77. The molecule has 1 aromatic carbocycles. The highest BCUT2D eigenvalue weighted by Crippen LogP contribution is 2.40. The third kappa shape index (κ3) is 2.54. The van der Waals surface area contributed by atoms with Crippen molar-refractivity contribution in [3.05, 3.63) is 29.6 Å². The summed E-state index contributed by atoms with van der Waals surface area (Å²) in [6.45, 7) is -0.955. The van der Waals surface area contributed by atoms with Gasteiger partial charge in [0.1, 0.15) is 5.82 Å². The standard InChI is InChI=1S/C11H9F6N/c12-7-1-2-9(8(5-7)11(15,16)17)18-4-3-10(13,14)6-18/h1-2,5H,3-4,6H2. The number of rotatable bonds is 1. The van der Waals surface area contributed by atoms with Crippen LogP contribution in [0.5, 0.6) is 0 Å². The summed E-state index contributed by atoms with van der Waals surface area (Å²) in [5.41, 5.74) is -1.62. The Bertz CT molecular complexity index is 453. The van der Waals surface area contributed by atoms with Crippen molar-refractivity contribution in [2.24, 2.45) is 0 Å². The lowest BCUT2D eigenvalue weighted by molar-refractivity contribution is -0.137. The van der Waals surface area contributed by atoms with E-state index >= 15 is 0 Å². The van der Waals surface area contributed by atoms with Crippen molar-refractivity contribution < 1.29 is 26.3 Å². The molecule has 1 saturated heterocycles. The Labute approximate surface area is 99.0 Å². The van der Waals surface area contributed by atoms with Gasteiger partial charge in [-0.1, -0.05) is 0 Å². The van der Waals surface area contributed by atoms with Crippen molar-refractivity contribution >= 4 is 5.69 Å². The highest BCUT2D eigenvalue weighted by atomic mass is 19.4. The molecule has 1 aliphatic rings. The Morgan fingerprint density at radius 1 is 1.17 bits per heavy atom. The van der Waals surface area contributed by atoms with E-state index in [1.165, 1.54) is 0 Å². The first kappa shape index (κ1) is 13.0. The van der Waals surface area contributed by atoms with Crippen LogP contribution in [0.3, 0.4) is 0 Å². The SMILES string of the molecule is Fc1ccc(N2CCC(F)(F)C2)c(C(F)(F)F)c1. The van der Waals surface area contributed by atoms with E-state index < -0.39 is 42.1 Å². The summed E-state index contributed by atoms with van der Waals surface area (Å²) >= 11 is 0. The van der Waals surface area contributed by atoms with Gasteiger partial charge in [-0.15, -0.1) is 0 Å². The minimum atomic E-state index is -4.77. The molecule has 1 fully saturated rings. The van der Waals surface area contributed by atoms with Crippen LogP contribution in [-0.4, -0.2) is 19.0 Å². The van der Waals surface area contributed by atoms with E-state index in [9.17, 15) is 26.3 Å². The fraction of sp³-hybridized carbons (Fsp3) is 0.455. The van der Waals surface area contributed by atoms with Crippen molar-refractivity contribution in [2.75, 3.05) is 18.0 Å². The molecule has 7 heteroatoms. The fourth-order valence-corrected chi connectivity index (χ4v) is 1.95. The molecule has 0 amide bonds. The first-order valence-corrected chi connectivity index (χ1v) is 5.19. The molecule has 0 radical (unpaired) electrons. The summed E-state index contributed by atoms with van der Waals surface area (Å²) in [5, 5.41) is 0. The van der Waals surface area contributed by atoms with Crippen molar-refractivity contribution in [3.8, 4) is 0 Å². The summed E-state index contributed by atoms with van der Waals surface area (Å²) < 4.78 is 76.9. The Balaban J connectivity index is 2.40. The number of nitrogens with zero attached hydrogens (tertiary/aromatic N) is 1. The second-order valence-electron chi connectivity index (χ2n) is 4.19. The number of hydrogen-bond acceptors (Lipinski definition) is 1. The predicted octanol–water partition coefficient (Wildman–Crippen LogP) is 3.69. The first-order chi connectivity index (χ1) is 8.19. The second-order valence-corrected chi connectivity index (χ2v) is 4.19. The van der Waals surface area contributed by atoms with Crippen LogP contribution < -0.4 is 4.90 Å². The maximum atomic E-state index is 13.0. The van der Waals surface area contributed by atoms with Crippen LogP contribution in [0, 0.1) is 5.82 Å². The van der Waals surface area contributed by atoms with Crippen LogP contribution in [0.2, 0.25) is 0 Å². The van der Waals surface area contributed by atoms with E-state index in [4.69, 9.17) is 0 Å². The summed E-state index contributed by atoms with van der Waals surface area (Å²) in [5.74, 6) is -4.05. The highest BCUT2D eigenvalue weighted by molar-refractivity contribution is 5.56. The molecule has 1 nitrogen and oxygen atoms in total. The fourth-order valence-electron chi connectivity index (χ4n) is 1.95. The van der Waals surface area contributed by atoms with Crippen LogP contribution in [0.1, 0.15) is 12.0 Å². The predicted molar refractivity (Wildman–Crippen MR) is 53.2 cm³/mol. The number of halogens is 6. The minimum absolute atomic E-state index is 0.179. The maximum Gasteiger partial charge on any atom is 0.418 e. The lowest BCUT2D eigenvalue weighted by atomic mass is 10.1. The van der Waals surface area contributed by atoms with Gasteiger partial charge in [-0.25, -0.2) is 13.2 Å². The first-order valence-electron chi connectivity index (χ1n) is 5.19. The van der Waals surface area contributed by atoms with E-state index in [-0.39, 0.29) is 6.54 Å². The molecule has 18 heavy (non-hydrogen) atoms. The van der Waals surface area contributed by atoms with Gasteiger partial charge in [0.2, 0.25) is 0 Å². The molecular weight excluding hydrogens is 260 g/mol.